The van der Waals surface area contributed by atoms with Gasteiger partial charge in [-0.25, -0.2) is 9.97 Å². The summed E-state index contributed by atoms with van der Waals surface area (Å²) >= 11 is 1.67. The van der Waals surface area contributed by atoms with Gasteiger partial charge in [0.05, 0.1) is 23.6 Å². The van der Waals surface area contributed by atoms with Crippen LogP contribution in [0, 0.1) is 0 Å². The third-order valence-corrected chi connectivity index (χ3v) is 7.25. The Labute approximate surface area is 197 Å². The molecule has 3 heterocycles. The molecule has 6 rings (SSSR count). The molecule has 5 nitrogen and oxygen atoms in total. The highest BCUT2D eigenvalue weighted by atomic mass is 32.1. The number of H-pyrrole nitrogens is 1. The normalized spacial score (nSPS) is 19.7. The highest BCUT2D eigenvalue weighted by Crippen LogP contribution is 2.29. The Hall–Kier alpha value is -3.35. The van der Waals surface area contributed by atoms with E-state index in [1.807, 2.05) is 36.0 Å². The lowest BCUT2D eigenvalue weighted by molar-refractivity contribution is 0.188. The molecule has 2 aliphatic rings. The molecule has 0 saturated carbocycles. The van der Waals surface area contributed by atoms with Crippen molar-refractivity contribution < 1.29 is 0 Å². The average molecular weight is 452 g/mol. The number of thiazole rings is 1. The van der Waals surface area contributed by atoms with Crippen molar-refractivity contribution in [1.82, 2.24) is 19.9 Å². The maximum absolute atomic E-state index is 4.86. The van der Waals surface area contributed by atoms with E-state index in [-0.39, 0.29) is 0 Å². The SMILES string of the molecule is C1=CC2=CC(N(Cc3ccc(-c4nccs4)cc3)Cc3nc4ccccc4[nH]3)CCC2N=C1. The van der Waals surface area contributed by atoms with E-state index in [4.69, 9.17) is 4.98 Å². The van der Waals surface area contributed by atoms with Gasteiger partial charge < -0.3 is 4.98 Å². The Morgan fingerprint density at radius 1 is 1.03 bits per heavy atom. The Bertz CT molecular complexity index is 1300. The third-order valence-electron chi connectivity index (χ3n) is 6.43. The zero-order valence-electron chi connectivity index (χ0n) is 18.3. The summed E-state index contributed by atoms with van der Waals surface area (Å²) in [4.78, 5) is 20.0. The lowest BCUT2D eigenvalue weighted by atomic mass is 9.89. The highest BCUT2D eigenvalue weighted by molar-refractivity contribution is 7.13. The number of aliphatic imine (C=N–C) groups is 1. The number of aromatic amines is 1. The first-order chi connectivity index (χ1) is 16.3. The van der Waals surface area contributed by atoms with Crippen molar-refractivity contribution in [3.8, 4) is 10.6 Å². The number of hydrogen-bond donors (Lipinski definition) is 1. The van der Waals surface area contributed by atoms with E-state index in [0.717, 1.165) is 47.8 Å². The maximum atomic E-state index is 4.86. The summed E-state index contributed by atoms with van der Waals surface area (Å²) in [6.07, 6.45) is 12.6. The summed E-state index contributed by atoms with van der Waals surface area (Å²) in [5.74, 6) is 1.01. The molecule has 0 radical (unpaired) electrons. The monoisotopic (exact) mass is 451 g/mol. The van der Waals surface area contributed by atoms with E-state index in [1.165, 1.54) is 16.7 Å². The predicted molar refractivity (Wildman–Crippen MR) is 135 cm³/mol. The van der Waals surface area contributed by atoms with Crippen LogP contribution in [-0.4, -0.2) is 38.2 Å². The maximum Gasteiger partial charge on any atom is 0.123 e. The van der Waals surface area contributed by atoms with Crippen molar-refractivity contribution in [1.29, 1.82) is 0 Å². The molecule has 164 valence electrons. The molecule has 2 aromatic carbocycles. The molecule has 6 heteroatoms. The molecule has 4 aromatic rings. The Kier molecular flexibility index (Phi) is 5.46. The zero-order chi connectivity index (χ0) is 22.0. The first kappa shape index (κ1) is 20.3. The largest absolute Gasteiger partial charge is 0.341 e. The van der Waals surface area contributed by atoms with Crippen LogP contribution in [0.15, 0.2) is 88.9 Å². The van der Waals surface area contributed by atoms with Crippen LogP contribution in [0.5, 0.6) is 0 Å². The number of rotatable bonds is 6. The quantitative estimate of drug-likeness (QED) is 0.404. The van der Waals surface area contributed by atoms with Gasteiger partial charge in [-0.3, -0.25) is 9.89 Å². The van der Waals surface area contributed by atoms with Gasteiger partial charge in [-0.2, -0.15) is 0 Å². The summed E-state index contributed by atoms with van der Waals surface area (Å²) in [7, 11) is 0. The Balaban J connectivity index is 1.28. The van der Waals surface area contributed by atoms with Crippen molar-refractivity contribution in [2.24, 2.45) is 4.99 Å². The van der Waals surface area contributed by atoms with Crippen LogP contribution < -0.4 is 0 Å². The van der Waals surface area contributed by atoms with Crippen LogP contribution >= 0.6 is 11.3 Å². The summed E-state index contributed by atoms with van der Waals surface area (Å²) in [5, 5.41) is 3.08. The van der Waals surface area contributed by atoms with Gasteiger partial charge in [0.2, 0.25) is 0 Å². The van der Waals surface area contributed by atoms with Gasteiger partial charge in [0.15, 0.2) is 0 Å². The minimum Gasteiger partial charge on any atom is -0.341 e. The molecule has 0 bridgehead atoms. The van der Waals surface area contributed by atoms with Crippen LogP contribution in [0.3, 0.4) is 0 Å². The summed E-state index contributed by atoms with van der Waals surface area (Å²) < 4.78 is 0. The zero-order valence-corrected chi connectivity index (χ0v) is 19.1. The van der Waals surface area contributed by atoms with Crippen molar-refractivity contribution in [2.45, 2.75) is 38.0 Å². The molecule has 2 atom stereocenters. The second-order valence-corrected chi connectivity index (χ2v) is 9.52. The van der Waals surface area contributed by atoms with E-state index < -0.39 is 0 Å². The van der Waals surface area contributed by atoms with Crippen molar-refractivity contribution >= 4 is 28.6 Å². The number of fused-ring (bicyclic) bond motifs is 2. The van der Waals surface area contributed by atoms with Crippen LogP contribution in [-0.2, 0) is 13.1 Å². The lowest BCUT2D eigenvalue weighted by Crippen LogP contribution is -2.37. The van der Waals surface area contributed by atoms with E-state index in [0.29, 0.717) is 12.1 Å². The topological polar surface area (TPSA) is 57.2 Å². The Morgan fingerprint density at radius 2 is 1.94 bits per heavy atom. The third kappa shape index (κ3) is 4.32. The minimum absolute atomic E-state index is 0.317. The summed E-state index contributed by atoms with van der Waals surface area (Å²) in [6.45, 7) is 1.64. The second kappa shape index (κ2) is 8.89. The molecular weight excluding hydrogens is 426 g/mol. The van der Waals surface area contributed by atoms with Gasteiger partial charge >= 0.3 is 0 Å². The number of dihydropyridines is 1. The molecule has 1 N–H and O–H groups in total. The van der Waals surface area contributed by atoms with Gasteiger partial charge in [-0.05, 0) is 42.2 Å². The van der Waals surface area contributed by atoms with Crippen molar-refractivity contribution in [2.75, 3.05) is 0 Å². The fourth-order valence-electron chi connectivity index (χ4n) is 4.75. The van der Waals surface area contributed by atoms with Crippen LogP contribution in [0.25, 0.3) is 21.6 Å². The number of imidazole rings is 1. The summed E-state index contributed by atoms with van der Waals surface area (Å²) in [5.41, 5.74) is 5.91. The molecule has 0 amide bonds. The molecule has 0 fully saturated rings. The van der Waals surface area contributed by atoms with Gasteiger partial charge in [0.1, 0.15) is 10.8 Å². The number of hydrogen-bond acceptors (Lipinski definition) is 5. The van der Waals surface area contributed by atoms with Gasteiger partial charge in [-0.15, -0.1) is 11.3 Å². The summed E-state index contributed by atoms with van der Waals surface area (Å²) in [6, 6.07) is 17.7. The fraction of sp³-hybridized carbons (Fsp3) is 0.222. The van der Waals surface area contributed by atoms with Crippen LogP contribution in [0.2, 0.25) is 0 Å². The molecule has 1 aliphatic heterocycles. The number of aromatic nitrogens is 3. The molecular formula is C27H25N5S. The number of benzene rings is 2. The van der Waals surface area contributed by atoms with E-state index in [9.17, 15) is 0 Å². The molecule has 1 aliphatic carbocycles. The molecule has 33 heavy (non-hydrogen) atoms. The van der Waals surface area contributed by atoms with Crippen molar-refractivity contribution in [3.63, 3.8) is 0 Å². The Morgan fingerprint density at radius 3 is 2.79 bits per heavy atom. The second-order valence-electron chi connectivity index (χ2n) is 8.62. The average Bonchev–Trinajstić information content (AvgIpc) is 3.54. The van der Waals surface area contributed by atoms with E-state index in [2.05, 4.69) is 68.4 Å². The smallest absolute Gasteiger partial charge is 0.123 e. The molecule has 0 spiro atoms. The lowest BCUT2D eigenvalue weighted by Gasteiger charge is -2.34. The highest BCUT2D eigenvalue weighted by Gasteiger charge is 2.26. The minimum atomic E-state index is 0.317. The number of nitrogens with one attached hydrogen (secondary N) is 1. The molecule has 2 unspecified atom stereocenters. The van der Waals surface area contributed by atoms with Crippen LogP contribution in [0.4, 0.5) is 0 Å². The first-order valence-electron chi connectivity index (χ1n) is 11.4. The van der Waals surface area contributed by atoms with Gasteiger partial charge in [0, 0.05) is 35.9 Å². The number of allylic oxidation sites excluding steroid dienone is 1. The first-order valence-corrected chi connectivity index (χ1v) is 12.3. The van der Waals surface area contributed by atoms with Gasteiger partial charge in [-0.1, -0.05) is 48.6 Å². The van der Waals surface area contributed by atoms with Gasteiger partial charge in [0.25, 0.3) is 0 Å². The fourth-order valence-corrected chi connectivity index (χ4v) is 5.40. The number of para-hydroxylation sites is 2. The molecule has 2 aromatic heterocycles. The van der Waals surface area contributed by atoms with E-state index in [1.54, 1.807) is 11.3 Å². The standard InChI is InChI=1S/C27H25N5S/c1-2-6-25-24(5-1)30-26(31-25)18-32(22-11-12-23-21(16-22)4-3-13-28-23)17-19-7-9-20(10-8-19)27-29-14-15-33-27/h1-10,13-16,22-23H,11-12,17-18H2,(H,30,31). The predicted octanol–water partition coefficient (Wildman–Crippen LogP) is 5.79. The molecule has 0 saturated heterocycles. The number of nitrogens with zero attached hydrogens (tertiary/aromatic N) is 4. The van der Waals surface area contributed by atoms with Crippen molar-refractivity contribution in [3.05, 3.63) is 95.3 Å². The van der Waals surface area contributed by atoms with Crippen LogP contribution in [0.1, 0.15) is 24.2 Å². The van der Waals surface area contributed by atoms with E-state index >= 15 is 0 Å².